The quantitative estimate of drug-likeness (QED) is 0.866. The Kier molecular flexibility index (Phi) is 3.09. The monoisotopic (exact) mass is 257 g/mol. The van der Waals surface area contributed by atoms with Crippen LogP contribution in [0, 0.1) is 5.82 Å². The van der Waals surface area contributed by atoms with Crippen molar-refractivity contribution in [1.29, 1.82) is 0 Å². The zero-order chi connectivity index (χ0) is 13.4. The van der Waals surface area contributed by atoms with Crippen molar-refractivity contribution >= 4 is 0 Å². The number of hydrogen-bond acceptors (Lipinski definition) is 2. The summed E-state index contributed by atoms with van der Waals surface area (Å²) in [6, 6.07) is 14.3. The summed E-state index contributed by atoms with van der Waals surface area (Å²) in [5.74, 6) is -0.357. The standard InChI is InChI=1S/C16H16FNO/c1-18-15-13-5-3-2-4-12(13)14(16(15)19)10-6-8-11(17)9-7-10/h2-9,14-16,18-19H,1H3/t14-,15+,16?/m0/s1. The van der Waals surface area contributed by atoms with Crippen molar-refractivity contribution in [2.24, 2.45) is 0 Å². The molecular weight excluding hydrogens is 241 g/mol. The maximum atomic E-state index is 13.0. The molecule has 1 aliphatic carbocycles. The van der Waals surface area contributed by atoms with E-state index in [0.717, 1.165) is 16.7 Å². The number of halogens is 1. The third-order valence-corrected chi connectivity index (χ3v) is 3.89. The maximum Gasteiger partial charge on any atom is 0.123 e. The number of aliphatic hydroxyl groups excluding tert-OH is 1. The number of fused-ring (bicyclic) bond motifs is 1. The topological polar surface area (TPSA) is 32.3 Å². The average molecular weight is 257 g/mol. The molecule has 0 bridgehead atoms. The van der Waals surface area contributed by atoms with Crippen LogP contribution in [0.25, 0.3) is 0 Å². The Labute approximate surface area is 111 Å². The molecular formula is C16H16FNO. The van der Waals surface area contributed by atoms with Crippen LogP contribution in [0.15, 0.2) is 48.5 Å². The van der Waals surface area contributed by atoms with Crippen molar-refractivity contribution in [3.05, 3.63) is 71.0 Å². The minimum Gasteiger partial charge on any atom is -0.390 e. The summed E-state index contributed by atoms with van der Waals surface area (Å²) in [6.45, 7) is 0. The first-order chi connectivity index (χ1) is 9.22. The van der Waals surface area contributed by atoms with E-state index in [1.807, 2.05) is 31.3 Å². The van der Waals surface area contributed by atoms with E-state index in [1.165, 1.54) is 12.1 Å². The first kappa shape index (κ1) is 12.3. The van der Waals surface area contributed by atoms with Crippen LogP contribution in [0.2, 0.25) is 0 Å². The van der Waals surface area contributed by atoms with Crippen molar-refractivity contribution in [2.75, 3.05) is 7.05 Å². The highest BCUT2D eigenvalue weighted by molar-refractivity contribution is 5.46. The molecule has 0 aliphatic heterocycles. The lowest BCUT2D eigenvalue weighted by molar-refractivity contribution is 0.130. The molecule has 19 heavy (non-hydrogen) atoms. The minimum absolute atomic E-state index is 0.0775. The zero-order valence-electron chi connectivity index (χ0n) is 10.7. The largest absolute Gasteiger partial charge is 0.390 e. The first-order valence-electron chi connectivity index (χ1n) is 6.42. The second-order valence-electron chi connectivity index (χ2n) is 4.92. The second-order valence-corrected chi connectivity index (χ2v) is 4.92. The predicted molar refractivity (Wildman–Crippen MR) is 72.5 cm³/mol. The summed E-state index contributed by atoms with van der Waals surface area (Å²) in [4.78, 5) is 0. The summed E-state index contributed by atoms with van der Waals surface area (Å²) < 4.78 is 13.0. The lowest BCUT2D eigenvalue weighted by atomic mass is 9.91. The molecule has 1 aliphatic rings. The predicted octanol–water partition coefficient (Wildman–Crippen LogP) is 2.59. The fourth-order valence-corrected chi connectivity index (χ4v) is 3.01. The number of benzene rings is 2. The molecule has 0 saturated carbocycles. The molecule has 3 heteroatoms. The highest BCUT2D eigenvalue weighted by Gasteiger charge is 2.39. The van der Waals surface area contributed by atoms with Gasteiger partial charge in [0.2, 0.25) is 0 Å². The van der Waals surface area contributed by atoms with E-state index in [9.17, 15) is 9.50 Å². The van der Waals surface area contributed by atoms with Gasteiger partial charge in [0.15, 0.2) is 0 Å². The molecule has 2 nitrogen and oxygen atoms in total. The fraction of sp³-hybridized carbons (Fsp3) is 0.250. The van der Waals surface area contributed by atoms with Gasteiger partial charge in [0.05, 0.1) is 12.1 Å². The first-order valence-corrected chi connectivity index (χ1v) is 6.42. The van der Waals surface area contributed by atoms with E-state index in [4.69, 9.17) is 0 Å². The van der Waals surface area contributed by atoms with E-state index in [-0.39, 0.29) is 17.8 Å². The Morgan fingerprint density at radius 1 is 1.00 bits per heavy atom. The van der Waals surface area contributed by atoms with Gasteiger partial charge in [0.25, 0.3) is 0 Å². The summed E-state index contributed by atoms with van der Waals surface area (Å²) in [5, 5.41) is 13.7. The van der Waals surface area contributed by atoms with Crippen molar-refractivity contribution < 1.29 is 9.50 Å². The number of aliphatic hydroxyl groups is 1. The van der Waals surface area contributed by atoms with Crippen LogP contribution in [0.5, 0.6) is 0 Å². The van der Waals surface area contributed by atoms with Gasteiger partial charge in [-0.3, -0.25) is 0 Å². The van der Waals surface area contributed by atoms with Crippen molar-refractivity contribution in [1.82, 2.24) is 5.32 Å². The molecule has 2 aromatic carbocycles. The molecule has 0 fully saturated rings. The molecule has 0 spiro atoms. The summed E-state index contributed by atoms with van der Waals surface area (Å²) >= 11 is 0. The highest BCUT2D eigenvalue weighted by atomic mass is 19.1. The molecule has 0 saturated heterocycles. The molecule has 2 aromatic rings. The average Bonchev–Trinajstić information content (AvgIpc) is 2.71. The van der Waals surface area contributed by atoms with Crippen LogP contribution in [0.1, 0.15) is 28.7 Å². The highest BCUT2D eigenvalue weighted by Crippen LogP contribution is 2.43. The van der Waals surface area contributed by atoms with Gasteiger partial charge in [-0.1, -0.05) is 36.4 Å². The van der Waals surface area contributed by atoms with E-state index < -0.39 is 6.10 Å². The van der Waals surface area contributed by atoms with Gasteiger partial charge < -0.3 is 10.4 Å². The summed E-state index contributed by atoms with van der Waals surface area (Å²) in [6.07, 6.45) is -0.534. The fourth-order valence-electron chi connectivity index (χ4n) is 3.01. The second kappa shape index (κ2) is 4.76. The number of hydrogen-bond donors (Lipinski definition) is 2. The Morgan fingerprint density at radius 3 is 2.26 bits per heavy atom. The SMILES string of the molecule is CN[C@@H]1c2ccccc2[C@H](c2ccc(F)cc2)C1O. The van der Waals surface area contributed by atoms with Crippen LogP contribution >= 0.6 is 0 Å². The number of nitrogens with one attached hydrogen (secondary N) is 1. The minimum atomic E-state index is -0.534. The molecule has 1 unspecified atom stereocenters. The lowest BCUT2D eigenvalue weighted by Crippen LogP contribution is -2.28. The van der Waals surface area contributed by atoms with Crippen molar-refractivity contribution in [2.45, 2.75) is 18.1 Å². The number of rotatable bonds is 2. The van der Waals surface area contributed by atoms with Crippen LogP contribution in [0.3, 0.4) is 0 Å². The molecule has 98 valence electrons. The third kappa shape index (κ3) is 1.95. The van der Waals surface area contributed by atoms with E-state index >= 15 is 0 Å². The van der Waals surface area contributed by atoms with Gasteiger partial charge in [0.1, 0.15) is 5.82 Å². The third-order valence-electron chi connectivity index (χ3n) is 3.89. The van der Waals surface area contributed by atoms with Crippen LogP contribution < -0.4 is 5.32 Å². The molecule has 0 aromatic heterocycles. The smallest absolute Gasteiger partial charge is 0.123 e. The Bertz CT molecular complexity index is 582. The van der Waals surface area contributed by atoms with Crippen molar-refractivity contribution in [3.8, 4) is 0 Å². The van der Waals surface area contributed by atoms with Gasteiger partial charge in [-0.25, -0.2) is 4.39 Å². The van der Waals surface area contributed by atoms with E-state index in [1.54, 1.807) is 12.1 Å². The van der Waals surface area contributed by atoms with E-state index in [2.05, 4.69) is 5.32 Å². The normalized spacial score (nSPS) is 25.3. The Balaban J connectivity index is 2.09. The Hall–Kier alpha value is -1.71. The maximum absolute atomic E-state index is 13.0. The van der Waals surface area contributed by atoms with Gasteiger partial charge in [0, 0.05) is 5.92 Å². The molecule has 3 rings (SSSR count). The van der Waals surface area contributed by atoms with Crippen LogP contribution in [-0.2, 0) is 0 Å². The molecule has 2 N–H and O–H groups in total. The van der Waals surface area contributed by atoms with Gasteiger partial charge in [-0.15, -0.1) is 0 Å². The Morgan fingerprint density at radius 2 is 1.63 bits per heavy atom. The summed E-state index contributed by atoms with van der Waals surface area (Å²) in [5.41, 5.74) is 3.17. The molecule has 0 radical (unpaired) electrons. The molecule has 0 heterocycles. The number of likely N-dealkylation sites (N-methyl/N-ethyl adjacent to an activating group) is 1. The van der Waals surface area contributed by atoms with Gasteiger partial charge in [-0.2, -0.15) is 0 Å². The summed E-state index contributed by atoms with van der Waals surface area (Å²) in [7, 11) is 1.84. The van der Waals surface area contributed by atoms with Crippen LogP contribution in [0.4, 0.5) is 4.39 Å². The molecule has 0 amide bonds. The van der Waals surface area contributed by atoms with E-state index in [0.29, 0.717) is 0 Å². The van der Waals surface area contributed by atoms with Gasteiger partial charge in [-0.05, 0) is 35.9 Å². The van der Waals surface area contributed by atoms with Crippen LogP contribution in [-0.4, -0.2) is 18.3 Å². The lowest BCUT2D eigenvalue weighted by Gasteiger charge is -2.20. The van der Waals surface area contributed by atoms with Gasteiger partial charge >= 0.3 is 0 Å². The zero-order valence-corrected chi connectivity index (χ0v) is 10.7. The van der Waals surface area contributed by atoms with Crippen molar-refractivity contribution in [3.63, 3.8) is 0 Å². The molecule has 3 atom stereocenters.